The first-order chi connectivity index (χ1) is 11.2. The molecule has 0 aliphatic carbocycles. The zero-order valence-corrected chi connectivity index (χ0v) is 12.3. The molecule has 0 aromatic heterocycles. The van der Waals surface area contributed by atoms with E-state index < -0.39 is 11.9 Å². The molecule has 0 saturated heterocycles. The summed E-state index contributed by atoms with van der Waals surface area (Å²) in [4.78, 5) is 26.1. The Hall–Kier alpha value is -2.82. The van der Waals surface area contributed by atoms with Crippen LogP contribution in [-0.2, 0) is 9.59 Å². The fourth-order valence-corrected chi connectivity index (χ4v) is 3.38. The van der Waals surface area contributed by atoms with Crippen molar-refractivity contribution < 1.29 is 19.4 Å². The summed E-state index contributed by atoms with van der Waals surface area (Å²) < 4.78 is 5.59. The number of amides is 1. The number of nitrogens with zero attached hydrogens (tertiary/aromatic N) is 1. The monoisotopic (exact) mass is 309 g/mol. The van der Waals surface area contributed by atoms with E-state index in [-0.39, 0.29) is 18.4 Å². The van der Waals surface area contributed by atoms with Gasteiger partial charge in [-0.05, 0) is 17.7 Å². The molecule has 2 aromatic carbocycles. The lowest BCUT2D eigenvalue weighted by Gasteiger charge is -2.21. The summed E-state index contributed by atoms with van der Waals surface area (Å²) in [5, 5.41) is 9.42. The van der Waals surface area contributed by atoms with E-state index in [9.17, 15) is 14.7 Å². The molecule has 2 heterocycles. The molecule has 0 bridgehead atoms. The zero-order valence-electron chi connectivity index (χ0n) is 12.3. The van der Waals surface area contributed by atoms with Crippen molar-refractivity contribution in [1.29, 1.82) is 0 Å². The lowest BCUT2D eigenvalue weighted by Crippen LogP contribution is -2.35. The largest absolute Gasteiger partial charge is 0.492 e. The van der Waals surface area contributed by atoms with E-state index in [4.69, 9.17) is 4.74 Å². The highest BCUT2D eigenvalue weighted by molar-refractivity contribution is 6.03. The van der Waals surface area contributed by atoms with Crippen LogP contribution in [-0.4, -0.2) is 30.1 Å². The maximum Gasteiger partial charge on any atom is 0.312 e. The van der Waals surface area contributed by atoms with Gasteiger partial charge in [-0.1, -0.05) is 36.4 Å². The van der Waals surface area contributed by atoms with Gasteiger partial charge in [-0.25, -0.2) is 0 Å². The standard InChI is InChI=1S/C18H15NO4/c20-17(14-10-23-16-8-4-2-6-12(14)16)19-9-13(18(21)22)11-5-1-3-7-15(11)19/h1-8,13-14H,9-10H2,(H,21,22)/t13-,14-/m1/s1. The molecule has 0 unspecified atom stereocenters. The number of para-hydroxylation sites is 2. The van der Waals surface area contributed by atoms with Crippen molar-refractivity contribution in [2.45, 2.75) is 11.8 Å². The Balaban J connectivity index is 1.70. The van der Waals surface area contributed by atoms with Gasteiger partial charge in [0.05, 0.1) is 0 Å². The van der Waals surface area contributed by atoms with Crippen LogP contribution in [0.25, 0.3) is 0 Å². The highest BCUT2D eigenvalue weighted by atomic mass is 16.5. The van der Waals surface area contributed by atoms with E-state index in [0.29, 0.717) is 17.9 Å². The Morgan fingerprint density at radius 1 is 1.00 bits per heavy atom. The molecule has 0 fully saturated rings. The minimum absolute atomic E-state index is 0.105. The second-order valence-corrected chi connectivity index (χ2v) is 5.80. The summed E-state index contributed by atoms with van der Waals surface area (Å²) in [7, 11) is 0. The molecule has 0 radical (unpaired) electrons. The highest BCUT2D eigenvalue weighted by Crippen LogP contribution is 2.41. The predicted molar refractivity (Wildman–Crippen MR) is 83.8 cm³/mol. The molecule has 1 N–H and O–H groups in total. The van der Waals surface area contributed by atoms with Crippen LogP contribution in [0.1, 0.15) is 23.0 Å². The average molecular weight is 309 g/mol. The Morgan fingerprint density at radius 2 is 1.70 bits per heavy atom. The zero-order chi connectivity index (χ0) is 16.0. The van der Waals surface area contributed by atoms with E-state index in [1.54, 1.807) is 23.1 Å². The van der Waals surface area contributed by atoms with E-state index in [2.05, 4.69) is 0 Å². The van der Waals surface area contributed by atoms with Crippen LogP contribution in [0.2, 0.25) is 0 Å². The van der Waals surface area contributed by atoms with Crippen molar-refractivity contribution in [3.05, 3.63) is 59.7 Å². The minimum Gasteiger partial charge on any atom is -0.492 e. The number of carbonyl (C=O) groups is 2. The molecular formula is C18H15NO4. The molecular weight excluding hydrogens is 294 g/mol. The van der Waals surface area contributed by atoms with Gasteiger partial charge in [-0.15, -0.1) is 0 Å². The van der Waals surface area contributed by atoms with Crippen molar-refractivity contribution in [1.82, 2.24) is 0 Å². The number of anilines is 1. The quantitative estimate of drug-likeness (QED) is 0.925. The van der Waals surface area contributed by atoms with Gasteiger partial charge in [0, 0.05) is 17.8 Å². The number of carbonyl (C=O) groups excluding carboxylic acids is 1. The van der Waals surface area contributed by atoms with E-state index >= 15 is 0 Å². The molecule has 5 heteroatoms. The summed E-state index contributed by atoms with van der Waals surface area (Å²) in [6, 6.07) is 14.7. The van der Waals surface area contributed by atoms with E-state index in [1.807, 2.05) is 30.3 Å². The highest BCUT2D eigenvalue weighted by Gasteiger charge is 2.41. The Kier molecular flexibility index (Phi) is 3.08. The summed E-state index contributed by atoms with van der Waals surface area (Å²) in [5.74, 6) is -1.34. The van der Waals surface area contributed by atoms with Crippen molar-refractivity contribution in [2.24, 2.45) is 0 Å². The summed E-state index contributed by atoms with van der Waals surface area (Å²) in [5.41, 5.74) is 2.25. The molecule has 116 valence electrons. The smallest absolute Gasteiger partial charge is 0.312 e. The lowest BCUT2D eigenvalue weighted by atomic mass is 10.00. The maximum atomic E-state index is 13.0. The molecule has 1 amide bonds. The number of rotatable bonds is 2. The van der Waals surface area contributed by atoms with Crippen molar-refractivity contribution in [2.75, 3.05) is 18.1 Å². The summed E-state index contributed by atoms with van der Waals surface area (Å²) >= 11 is 0. The van der Waals surface area contributed by atoms with Gasteiger partial charge >= 0.3 is 5.97 Å². The first kappa shape index (κ1) is 13.8. The fourth-order valence-electron chi connectivity index (χ4n) is 3.38. The second-order valence-electron chi connectivity index (χ2n) is 5.80. The van der Waals surface area contributed by atoms with Crippen LogP contribution in [0, 0.1) is 0 Å². The average Bonchev–Trinajstić information content (AvgIpc) is 3.16. The van der Waals surface area contributed by atoms with Gasteiger partial charge in [-0.3, -0.25) is 9.59 Å². The van der Waals surface area contributed by atoms with Crippen molar-refractivity contribution in [3.8, 4) is 5.75 Å². The first-order valence-corrected chi connectivity index (χ1v) is 7.51. The van der Waals surface area contributed by atoms with Crippen LogP contribution >= 0.6 is 0 Å². The van der Waals surface area contributed by atoms with Gasteiger partial charge in [0.1, 0.15) is 24.2 Å². The van der Waals surface area contributed by atoms with Crippen molar-refractivity contribution >= 4 is 17.6 Å². The van der Waals surface area contributed by atoms with Gasteiger partial charge < -0.3 is 14.7 Å². The third-order valence-electron chi connectivity index (χ3n) is 4.53. The minimum atomic E-state index is -0.907. The van der Waals surface area contributed by atoms with Crippen LogP contribution in [0.4, 0.5) is 5.69 Å². The number of fused-ring (bicyclic) bond motifs is 2. The molecule has 2 aliphatic rings. The second kappa shape index (κ2) is 5.12. The van der Waals surface area contributed by atoms with E-state index in [1.165, 1.54) is 0 Å². The number of hydrogen-bond acceptors (Lipinski definition) is 3. The topological polar surface area (TPSA) is 66.8 Å². The summed E-state index contributed by atoms with van der Waals surface area (Å²) in [6.07, 6.45) is 0. The fraction of sp³-hybridized carbons (Fsp3) is 0.222. The van der Waals surface area contributed by atoms with Gasteiger partial charge in [0.25, 0.3) is 0 Å². The third kappa shape index (κ3) is 2.08. The molecule has 5 nitrogen and oxygen atoms in total. The molecule has 2 atom stereocenters. The molecule has 0 saturated carbocycles. The number of carboxylic acid groups (broad SMARTS) is 1. The Bertz CT molecular complexity index is 801. The van der Waals surface area contributed by atoms with Crippen LogP contribution in [0.5, 0.6) is 5.75 Å². The number of aliphatic carboxylic acids is 1. The molecule has 4 rings (SSSR count). The lowest BCUT2D eigenvalue weighted by molar-refractivity contribution is -0.138. The Morgan fingerprint density at radius 3 is 2.48 bits per heavy atom. The molecule has 23 heavy (non-hydrogen) atoms. The third-order valence-corrected chi connectivity index (χ3v) is 4.53. The number of hydrogen-bond donors (Lipinski definition) is 1. The Labute approximate surface area is 133 Å². The first-order valence-electron chi connectivity index (χ1n) is 7.51. The molecule has 0 spiro atoms. The maximum absolute atomic E-state index is 13.0. The van der Waals surface area contributed by atoms with E-state index in [0.717, 1.165) is 11.3 Å². The predicted octanol–water partition coefficient (Wildman–Crippen LogP) is 2.38. The summed E-state index contributed by atoms with van der Waals surface area (Å²) in [6.45, 7) is 0.473. The van der Waals surface area contributed by atoms with Crippen LogP contribution < -0.4 is 9.64 Å². The number of ether oxygens (including phenoxy) is 1. The van der Waals surface area contributed by atoms with Gasteiger partial charge in [-0.2, -0.15) is 0 Å². The van der Waals surface area contributed by atoms with Crippen molar-refractivity contribution in [3.63, 3.8) is 0 Å². The van der Waals surface area contributed by atoms with Crippen LogP contribution in [0.3, 0.4) is 0 Å². The van der Waals surface area contributed by atoms with Crippen LogP contribution in [0.15, 0.2) is 48.5 Å². The SMILES string of the molecule is O=C(O)[C@@H]1CN(C(=O)[C@@H]2COc3ccccc32)c2ccccc21. The molecule has 2 aliphatic heterocycles. The normalized spacial score (nSPS) is 21.5. The van der Waals surface area contributed by atoms with Gasteiger partial charge in [0.15, 0.2) is 0 Å². The van der Waals surface area contributed by atoms with Gasteiger partial charge in [0.2, 0.25) is 5.91 Å². The number of benzene rings is 2. The molecule has 2 aromatic rings. The number of carboxylic acids is 1.